The lowest BCUT2D eigenvalue weighted by Gasteiger charge is -2.36. The summed E-state index contributed by atoms with van der Waals surface area (Å²) >= 11 is 0. The molecule has 51 heavy (non-hydrogen) atoms. The quantitative estimate of drug-likeness (QED) is 0.162. The van der Waals surface area contributed by atoms with Crippen molar-refractivity contribution < 1.29 is 35.9 Å². The Bertz CT molecular complexity index is 1820. The Kier molecular flexibility index (Phi) is 10.3. The topological polar surface area (TPSA) is 61.4 Å². The lowest BCUT2D eigenvalue weighted by atomic mass is 9.73. The molecule has 268 valence electrons. The van der Waals surface area contributed by atoms with Crippen molar-refractivity contribution in [2.75, 3.05) is 20.1 Å². The van der Waals surface area contributed by atoms with Gasteiger partial charge in [-0.05, 0) is 104 Å². The van der Waals surface area contributed by atoms with E-state index in [-0.39, 0.29) is 18.0 Å². The van der Waals surface area contributed by atoms with Gasteiger partial charge in [0.2, 0.25) is 5.91 Å². The Labute approximate surface area is 293 Å². The molecule has 0 bridgehead atoms. The van der Waals surface area contributed by atoms with Crippen LogP contribution in [0.3, 0.4) is 0 Å². The van der Waals surface area contributed by atoms with Crippen molar-refractivity contribution in [1.82, 2.24) is 15.5 Å². The van der Waals surface area contributed by atoms with E-state index >= 15 is 0 Å². The maximum atomic E-state index is 13.8. The van der Waals surface area contributed by atoms with Crippen LogP contribution in [0.25, 0.3) is 22.3 Å². The molecule has 1 saturated carbocycles. The molecule has 1 fully saturated rings. The first-order valence-electron chi connectivity index (χ1n) is 17.1. The fourth-order valence-corrected chi connectivity index (χ4v) is 7.76. The van der Waals surface area contributed by atoms with Crippen LogP contribution in [0.1, 0.15) is 65.6 Å². The van der Waals surface area contributed by atoms with Crippen LogP contribution < -0.4 is 10.6 Å². The third-order valence-electron chi connectivity index (χ3n) is 10.3. The molecule has 0 aliphatic heterocycles. The molecule has 0 heterocycles. The van der Waals surface area contributed by atoms with Gasteiger partial charge in [-0.25, -0.2) is 0 Å². The predicted molar refractivity (Wildman–Crippen MR) is 184 cm³/mol. The second kappa shape index (κ2) is 14.5. The van der Waals surface area contributed by atoms with Crippen LogP contribution in [0.5, 0.6) is 0 Å². The lowest BCUT2D eigenvalue weighted by Crippen LogP contribution is -2.47. The second-order valence-electron chi connectivity index (χ2n) is 13.5. The minimum Gasteiger partial charge on any atom is -0.349 e. The van der Waals surface area contributed by atoms with Crippen molar-refractivity contribution in [2.24, 2.45) is 0 Å². The maximum absolute atomic E-state index is 13.8. The molecule has 6 rings (SSSR count). The van der Waals surface area contributed by atoms with Gasteiger partial charge in [0.25, 0.3) is 5.91 Å². The zero-order valence-electron chi connectivity index (χ0n) is 28.1. The van der Waals surface area contributed by atoms with Crippen LogP contribution in [-0.2, 0) is 16.4 Å². The summed E-state index contributed by atoms with van der Waals surface area (Å²) in [7, 11) is 2.01. The lowest BCUT2D eigenvalue weighted by molar-refractivity contribution is -0.141. The van der Waals surface area contributed by atoms with E-state index in [1.54, 1.807) is 24.3 Å². The third kappa shape index (κ3) is 7.68. The van der Waals surface area contributed by atoms with Gasteiger partial charge in [-0.1, -0.05) is 78.9 Å². The van der Waals surface area contributed by atoms with Crippen LogP contribution in [0.2, 0.25) is 0 Å². The van der Waals surface area contributed by atoms with E-state index in [1.807, 2.05) is 55.6 Å². The Morgan fingerprint density at radius 1 is 0.745 bits per heavy atom. The Morgan fingerprint density at radius 2 is 1.29 bits per heavy atom. The number of nitrogens with zero attached hydrogens (tertiary/aromatic N) is 1. The van der Waals surface area contributed by atoms with E-state index in [1.165, 1.54) is 12.1 Å². The van der Waals surface area contributed by atoms with E-state index in [0.717, 1.165) is 48.9 Å². The molecule has 11 heteroatoms. The molecule has 0 unspecified atom stereocenters. The third-order valence-corrected chi connectivity index (χ3v) is 10.3. The fraction of sp³-hybridized carbons (Fsp3) is 0.350. The van der Waals surface area contributed by atoms with Crippen LogP contribution in [0, 0.1) is 0 Å². The van der Waals surface area contributed by atoms with Crippen LogP contribution >= 0.6 is 0 Å². The van der Waals surface area contributed by atoms with Crippen molar-refractivity contribution in [3.63, 3.8) is 0 Å². The summed E-state index contributed by atoms with van der Waals surface area (Å²) in [5.74, 6) is -0.940. The monoisotopic (exact) mass is 707 g/mol. The van der Waals surface area contributed by atoms with Gasteiger partial charge < -0.3 is 15.5 Å². The van der Waals surface area contributed by atoms with Gasteiger partial charge in [0.1, 0.15) is 12.0 Å². The summed E-state index contributed by atoms with van der Waals surface area (Å²) < 4.78 is 78.9. The van der Waals surface area contributed by atoms with Crippen molar-refractivity contribution in [3.8, 4) is 22.3 Å². The number of carbonyl (C=O) groups excluding carboxylic acids is 2. The summed E-state index contributed by atoms with van der Waals surface area (Å²) in [6, 6.07) is 26.6. The molecule has 2 aliphatic rings. The molecule has 0 radical (unpaired) electrons. The Hall–Kier alpha value is -4.64. The first-order chi connectivity index (χ1) is 24.3. The highest BCUT2D eigenvalue weighted by Gasteiger charge is 2.49. The van der Waals surface area contributed by atoms with Gasteiger partial charge in [0, 0.05) is 17.6 Å². The molecule has 4 aromatic rings. The number of carbonyl (C=O) groups is 2. The molecule has 5 nitrogen and oxygen atoms in total. The zero-order valence-corrected chi connectivity index (χ0v) is 28.1. The number of amides is 2. The van der Waals surface area contributed by atoms with Crippen molar-refractivity contribution in [2.45, 2.75) is 68.4 Å². The minimum absolute atomic E-state index is 0.0742. The number of benzene rings is 4. The molecule has 4 aromatic carbocycles. The molecule has 2 aliphatic carbocycles. The average Bonchev–Trinajstić information content (AvgIpc) is 3.40. The molecule has 2 N–H and O–H groups in total. The Morgan fingerprint density at radius 3 is 1.86 bits per heavy atom. The zero-order chi connectivity index (χ0) is 36.4. The van der Waals surface area contributed by atoms with Gasteiger partial charge in [-0.3, -0.25) is 9.59 Å². The highest BCUT2D eigenvalue weighted by molar-refractivity contribution is 6.01. The van der Waals surface area contributed by atoms with Gasteiger partial charge in [0.15, 0.2) is 0 Å². The summed E-state index contributed by atoms with van der Waals surface area (Å²) in [6.45, 7) is -0.779. The Balaban J connectivity index is 1.08. The number of hydrogen-bond donors (Lipinski definition) is 2. The smallest absolute Gasteiger partial charge is 0.349 e. The van der Waals surface area contributed by atoms with E-state index < -0.39 is 35.8 Å². The number of alkyl halides is 6. The first kappa shape index (κ1) is 36.2. The normalized spacial score (nSPS) is 18.2. The van der Waals surface area contributed by atoms with E-state index in [2.05, 4.69) is 15.5 Å². The van der Waals surface area contributed by atoms with Crippen molar-refractivity contribution >= 4 is 11.8 Å². The van der Waals surface area contributed by atoms with Gasteiger partial charge in [-0.15, -0.1) is 0 Å². The molecule has 0 aromatic heterocycles. The van der Waals surface area contributed by atoms with E-state index in [0.29, 0.717) is 47.2 Å². The summed E-state index contributed by atoms with van der Waals surface area (Å²) in [5.41, 5.74) is 2.58. The number of hydrogen-bond acceptors (Lipinski definition) is 3. The molecule has 0 saturated heterocycles. The predicted octanol–water partition coefficient (Wildman–Crippen LogP) is 8.77. The minimum atomic E-state index is -4.54. The SMILES string of the molecule is CN(CCCC1(C(=O)NCC(F)(F)F)c2ccccc2-c2ccccc21)C1CCC(NC(=O)c2ccccc2-c2ccc(C(F)(F)F)cc2)CC1. The molecule has 0 spiro atoms. The average molecular weight is 708 g/mol. The van der Waals surface area contributed by atoms with Crippen LogP contribution in [-0.4, -0.2) is 55.1 Å². The van der Waals surface area contributed by atoms with Crippen molar-refractivity contribution in [1.29, 1.82) is 0 Å². The maximum Gasteiger partial charge on any atom is 0.416 e. The highest BCUT2D eigenvalue weighted by Crippen LogP contribution is 2.51. The largest absolute Gasteiger partial charge is 0.416 e. The van der Waals surface area contributed by atoms with E-state index in [9.17, 15) is 35.9 Å². The molecule has 0 atom stereocenters. The number of rotatable bonds is 10. The van der Waals surface area contributed by atoms with Gasteiger partial charge in [0.05, 0.1) is 5.56 Å². The molecular weight excluding hydrogens is 668 g/mol. The summed E-state index contributed by atoms with van der Waals surface area (Å²) in [5, 5.41) is 5.31. The van der Waals surface area contributed by atoms with Gasteiger partial charge >= 0.3 is 12.4 Å². The highest BCUT2D eigenvalue weighted by atomic mass is 19.4. The van der Waals surface area contributed by atoms with Crippen LogP contribution in [0.4, 0.5) is 26.3 Å². The van der Waals surface area contributed by atoms with Crippen molar-refractivity contribution in [3.05, 3.63) is 119 Å². The number of nitrogens with one attached hydrogen (secondary N) is 2. The standard InChI is InChI=1S/C40H39F6N3O2/c1-49(24-8-23-38(37(51)47-25-39(41,42)43)34-13-6-4-10-31(34)32-11-5-7-14-35(32)38)29-21-19-28(20-22-29)48-36(50)33-12-3-2-9-30(33)26-15-17-27(18-16-26)40(44,45)46/h2-7,9-18,28-29H,8,19-25H2,1H3,(H,47,51)(H,48,50). The number of halogens is 6. The molecular formula is C40H39F6N3O2. The number of fused-ring (bicyclic) bond motifs is 3. The fourth-order valence-electron chi connectivity index (χ4n) is 7.76. The van der Waals surface area contributed by atoms with E-state index in [4.69, 9.17) is 0 Å². The van der Waals surface area contributed by atoms with Crippen LogP contribution in [0.15, 0.2) is 97.1 Å². The summed E-state index contributed by atoms with van der Waals surface area (Å²) in [4.78, 5) is 29.4. The first-order valence-corrected chi connectivity index (χ1v) is 17.1. The van der Waals surface area contributed by atoms with Gasteiger partial charge in [-0.2, -0.15) is 26.3 Å². The second-order valence-corrected chi connectivity index (χ2v) is 13.5. The summed E-state index contributed by atoms with van der Waals surface area (Å²) in [6.07, 6.45) is -5.01. The molecule has 2 amide bonds.